The van der Waals surface area contributed by atoms with E-state index in [1.807, 2.05) is 0 Å². The molecule has 0 spiro atoms. The summed E-state index contributed by atoms with van der Waals surface area (Å²) in [5.74, 6) is -4.61. The van der Waals surface area contributed by atoms with Gasteiger partial charge in [0, 0.05) is 82.9 Å². The lowest BCUT2D eigenvalue weighted by molar-refractivity contribution is -0.137. The van der Waals surface area contributed by atoms with Crippen molar-refractivity contribution in [3.8, 4) is 34.5 Å². The fourth-order valence-corrected chi connectivity index (χ4v) is 10.8. The molecule has 48 heteroatoms. The highest BCUT2D eigenvalue weighted by Crippen LogP contribution is 2.37. The van der Waals surface area contributed by atoms with Crippen molar-refractivity contribution in [2.24, 2.45) is 10.3 Å². The molecule has 5 aliphatic rings. The molecule has 0 saturated carbocycles. The van der Waals surface area contributed by atoms with E-state index >= 15 is 0 Å². The van der Waals surface area contributed by atoms with Crippen LogP contribution in [0.3, 0.4) is 0 Å². The fraction of sp³-hybridized carbons (Fsp3) is 0.465. The van der Waals surface area contributed by atoms with Crippen molar-refractivity contribution < 1.29 is 150 Å². The minimum absolute atomic E-state index is 0.0208. The molecule has 13 N–H and O–H groups in total. The van der Waals surface area contributed by atoms with Gasteiger partial charge in [-0.1, -0.05) is 65.0 Å². The van der Waals surface area contributed by atoms with E-state index in [0.717, 1.165) is 56.7 Å². The SMILES string of the molecule is Cc1c(O)cc(O)c2c1CC(=N\OCC(=O)N1CCCCC1)/C=C/C[C@@H](O)/C=C/C[C@@H](C)OC2=O.Cc1c(O)cc(O)c2c1CC(=N\OCC(=O)N1CCCCC1)/C=C/C[C@H](O)/C=C/C[C@@H](C)OC2=O.Cc1c(O)cc(O)c2c1CC(=O)/C=C/C[C@@H](O)/C=C/C[C@@H](C)OC2=O.O=S(=O)(O)P=S.O=S(=O)(O)P=S.O=S(=O)(O)P=S.O=S(=O)(O)P=S. The maximum Gasteiger partial charge on any atom is 0.342 e. The molecule has 2 saturated heterocycles. The van der Waals surface area contributed by atoms with E-state index in [1.54, 1.807) is 118 Å². The standard InChI is InChI=1S/2C26H34N2O7.C19H22O6.4HO3PS2/c2*1-17-8-6-10-20(29)11-7-9-19(27-34-16-24(32)28-12-4-3-5-13-28)14-21-18(2)22(30)15-23(31)25(21)26(33)35-17;1-11-5-3-6-13(20)7-4-8-14(21)9-15-12(2)16(22)10-17(23)18(15)19(24)25-11;4*1-6(2,3)4-5/h2*6-7,9-10,15,17,20,29-31H,3-5,8,11-14,16H2,1-2H3;3-4,6,8,10-11,13,20,22-23H,5,7,9H2,1-2H3;4*(H,1,2,3)/b2*9-7+,10-6+,27-19-;6-3+,8-4+;;;;/t17-,20+;17-,20-;11-,13+;;;;/m111..../s1. The minimum atomic E-state index is -3.87. The number of phenols is 6. The molecule has 0 aliphatic carbocycles. The van der Waals surface area contributed by atoms with Crippen LogP contribution in [0.1, 0.15) is 162 Å². The van der Waals surface area contributed by atoms with Crippen LogP contribution in [0.4, 0.5) is 0 Å². The first-order chi connectivity index (χ1) is 55.5. The number of piperidine rings is 2. The maximum atomic E-state index is 12.9. The van der Waals surface area contributed by atoms with Crippen molar-refractivity contribution in [2.45, 2.75) is 174 Å². The second-order valence-corrected chi connectivity index (χ2v) is 43.0. The molecule has 658 valence electrons. The highest BCUT2D eigenvalue weighted by Gasteiger charge is 2.29. The predicted octanol–water partition coefficient (Wildman–Crippen LogP) is 9.41. The quantitative estimate of drug-likeness (QED) is 0.0224. The van der Waals surface area contributed by atoms with Crippen molar-refractivity contribution in [1.29, 1.82) is 0 Å². The van der Waals surface area contributed by atoms with E-state index in [0.29, 0.717) is 97.5 Å². The van der Waals surface area contributed by atoms with E-state index in [9.17, 15) is 108 Å². The number of carbonyl (C=O) groups excluding carboxylic acids is 6. The average Bonchev–Trinajstić information content (AvgIpc) is 0.804. The summed E-state index contributed by atoms with van der Waals surface area (Å²) in [5.41, 5.74) is 2.50. The number of hydrogen-bond acceptors (Lipinski definition) is 34. The van der Waals surface area contributed by atoms with Crippen LogP contribution in [0.15, 0.2) is 101 Å². The zero-order valence-corrected chi connectivity index (χ0v) is 75.0. The summed E-state index contributed by atoms with van der Waals surface area (Å²) in [7, 11) is -15.5. The van der Waals surface area contributed by atoms with E-state index in [2.05, 4.69) is 57.5 Å². The van der Waals surface area contributed by atoms with Crippen LogP contribution in [0.2, 0.25) is 0 Å². The molecule has 0 radical (unpaired) electrons. The van der Waals surface area contributed by atoms with Crippen LogP contribution in [0, 0.1) is 20.8 Å². The number of oxime groups is 2. The van der Waals surface area contributed by atoms with Crippen molar-refractivity contribution in [3.63, 3.8) is 0 Å². The van der Waals surface area contributed by atoms with Gasteiger partial charge in [-0.25, -0.2) is 14.4 Å². The number of aliphatic hydroxyl groups excluding tert-OH is 3. The number of esters is 3. The zero-order valence-electron chi connectivity index (χ0n) is 64.9. The van der Waals surface area contributed by atoms with Gasteiger partial charge < -0.3 is 79.6 Å². The number of carbonyl (C=O) groups is 6. The largest absolute Gasteiger partial charge is 0.508 e. The molecule has 5 aliphatic heterocycles. The van der Waals surface area contributed by atoms with Gasteiger partial charge in [-0.2, -0.15) is 33.7 Å². The Morgan fingerprint density at radius 2 is 0.672 bits per heavy atom. The summed E-state index contributed by atoms with van der Waals surface area (Å²) in [6, 6.07) is 3.29. The number of rotatable bonds is 10. The molecule has 8 rings (SSSR count). The van der Waals surface area contributed by atoms with Crippen molar-refractivity contribution in [3.05, 3.63) is 141 Å². The number of nitrogens with zero attached hydrogens (tertiary/aromatic N) is 4. The van der Waals surface area contributed by atoms with Gasteiger partial charge in [0.25, 0.3) is 11.8 Å². The number of aliphatic hydroxyl groups is 3. The van der Waals surface area contributed by atoms with Crippen LogP contribution >= 0.6 is 26.2 Å². The lowest BCUT2D eigenvalue weighted by Crippen LogP contribution is -2.37. The van der Waals surface area contributed by atoms with Gasteiger partial charge in [0.2, 0.25) is 0 Å². The molecule has 3 aromatic carbocycles. The number of likely N-dealkylation sites (tertiary alicyclic amines) is 2. The second-order valence-electron chi connectivity index (χ2n) is 26.1. The molecular weight excluding hydrogens is 1800 g/mol. The monoisotopic (exact) mass is 1890 g/mol. The normalized spacial score (nSPS) is 22.2. The summed E-state index contributed by atoms with van der Waals surface area (Å²) < 4.78 is 123. The first kappa shape index (κ1) is 108. The Balaban J connectivity index is 0.000000534. The first-order valence-corrected chi connectivity index (χ1v) is 51.4. The minimum Gasteiger partial charge on any atom is -0.508 e. The number of fused-ring (bicyclic) bond motifs is 3. The Kier molecular flexibility index (Phi) is 48.9. The lowest BCUT2D eigenvalue weighted by atomic mass is 9.94. The smallest absolute Gasteiger partial charge is 0.342 e. The van der Waals surface area contributed by atoms with Gasteiger partial charge in [-0.15, -0.1) is 0 Å². The Bertz CT molecular complexity index is 4450. The zero-order chi connectivity index (χ0) is 90.1. The second kappa shape index (κ2) is 54.1. The summed E-state index contributed by atoms with van der Waals surface area (Å²) in [4.78, 5) is 89.6. The number of amides is 2. The van der Waals surface area contributed by atoms with E-state index in [4.69, 9.17) is 42.1 Å². The van der Waals surface area contributed by atoms with Gasteiger partial charge in [-0.05, 0) is 198 Å². The van der Waals surface area contributed by atoms with Crippen molar-refractivity contribution in [1.82, 2.24) is 9.80 Å². The number of benzene rings is 3. The van der Waals surface area contributed by atoms with Gasteiger partial charge in [0.1, 0.15) is 95.7 Å². The van der Waals surface area contributed by atoms with E-state index in [1.165, 1.54) is 6.08 Å². The predicted molar refractivity (Wildman–Crippen MR) is 456 cm³/mol. The summed E-state index contributed by atoms with van der Waals surface area (Å²) in [6.07, 6.45) is 24.0. The van der Waals surface area contributed by atoms with Crippen LogP contribution in [-0.4, -0.2) is 231 Å². The summed E-state index contributed by atoms with van der Waals surface area (Å²) in [5, 5.41) is 100.0. The highest BCUT2D eigenvalue weighted by molar-refractivity contribution is 8.51. The third-order valence-electron chi connectivity index (χ3n) is 16.7. The number of hydrogen-bond donors (Lipinski definition) is 13. The van der Waals surface area contributed by atoms with Crippen molar-refractivity contribution >= 4 is 159 Å². The molecule has 6 atom stereocenters. The first-order valence-electron chi connectivity index (χ1n) is 35.6. The molecule has 5 heterocycles. The molecule has 3 aromatic rings. The number of cyclic esters (lactones) is 3. The number of aromatic hydroxyl groups is 6. The summed E-state index contributed by atoms with van der Waals surface area (Å²) in [6.45, 7) is 10.6. The number of allylic oxidation sites excluding steroid dienone is 3. The van der Waals surface area contributed by atoms with Crippen LogP contribution in [0.5, 0.6) is 34.5 Å². The fourth-order valence-electron chi connectivity index (χ4n) is 10.8. The lowest BCUT2D eigenvalue weighted by Gasteiger charge is -2.26. The van der Waals surface area contributed by atoms with Crippen LogP contribution in [0.25, 0.3) is 0 Å². The van der Waals surface area contributed by atoms with Gasteiger partial charge in [0.15, 0.2) is 19.0 Å². The van der Waals surface area contributed by atoms with Crippen LogP contribution < -0.4 is 0 Å². The molecule has 0 bridgehead atoms. The van der Waals surface area contributed by atoms with Gasteiger partial charge >= 0.3 is 56.9 Å². The summed E-state index contributed by atoms with van der Waals surface area (Å²) >= 11 is 15.7. The Hall–Kier alpha value is -7.54. The average molecular weight is 1900 g/mol. The molecule has 2 amide bonds. The van der Waals surface area contributed by atoms with E-state index < -0.39 is 137 Å². The molecule has 0 unspecified atom stereocenters. The van der Waals surface area contributed by atoms with Crippen molar-refractivity contribution in [2.75, 3.05) is 39.4 Å². The van der Waals surface area contributed by atoms with Gasteiger partial charge in [-0.3, -0.25) is 32.6 Å². The molecule has 0 aromatic heterocycles. The molecule has 119 heavy (non-hydrogen) atoms. The Labute approximate surface area is 714 Å². The van der Waals surface area contributed by atoms with E-state index in [-0.39, 0.29) is 96.0 Å². The Morgan fingerprint density at radius 3 is 0.933 bits per heavy atom. The molecule has 2 fully saturated rings. The topological polar surface area (TPSA) is 579 Å². The number of phenolic OH excluding ortho intramolecular Hbond substituents is 6. The molecular formula is C71H94N4O32P4S8. The number of ketones is 1. The Morgan fingerprint density at radius 1 is 0.420 bits per heavy atom. The third-order valence-corrected chi connectivity index (χ3v) is 26.5. The third kappa shape index (κ3) is 43.7. The van der Waals surface area contributed by atoms with Crippen LogP contribution in [-0.2, 0) is 144 Å². The maximum absolute atomic E-state index is 12.9. The number of ether oxygens (including phenoxy) is 3. The van der Waals surface area contributed by atoms with Gasteiger partial charge in [0.05, 0.1) is 29.7 Å². The molecule has 36 nitrogen and oxygen atoms in total. The highest BCUT2D eigenvalue weighted by atomic mass is 32.9.